The van der Waals surface area contributed by atoms with Crippen molar-refractivity contribution in [3.05, 3.63) is 10.6 Å². The zero-order valence-electron chi connectivity index (χ0n) is 9.19. The zero-order chi connectivity index (χ0) is 10.8. The third kappa shape index (κ3) is 2.13. The van der Waals surface area contributed by atoms with E-state index in [4.69, 9.17) is 17.0 Å². The smallest absolute Gasteiger partial charge is 0.195 e. The minimum Gasteiger partial charge on any atom is -0.383 e. The van der Waals surface area contributed by atoms with Crippen LogP contribution in [-0.4, -0.2) is 28.5 Å². The summed E-state index contributed by atoms with van der Waals surface area (Å²) in [6.45, 7) is 3.76. The number of nitrogens with one attached hydrogen (secondary N) is 1. The van der Waals surface area contributed by atoms with Crippen molar-refractivity contribution in [1.29, 1.82) is 0 Å². The largest absolute Gasteiger partial charge is 0.383 e. The predicted octanol–water partition coefficient (Wildman–Crippen LogP) is 2.10. The highest BCUT2D eigenvalue weighted by Crippen LogP contribution is 2.40. The maximum absolute atomic E-state index is 5.20. The molecule has 1 saturated carbocycles. The molecule has 0 saturated heterocycles. The number of methoxy groups -OCH3 is 1. The van der Waals surface area contributed by atoms with Crippen molar-refractivity contribution >= 4 is 12.2 Å². The van der Waals surface area contributed by atoms with Crippen molar-refractivity contribution in [3.8, 4) is 0 Å². The van der Waals surface area contributed by atoms with Gasteiger partial charge < -0.3 is 9.30 Å². The van der Waals surface area contributed by atoms with Gasteiger partial charge in [-0.2, -0.15) is 5.10 Å². The van der Waals surface area contributed by atoms with Crippen molar-refractivity contribution in [2.75, 3.05) is 13.7 Å². The second-order valence-corrected chi connectivity index (χ2v) is 4.69. The quantitative estimate of drug-likeness (QED) is 0.801. The lowest BCUT2D eigenvalue weighted by molar-refractivity contribution is 0.182. The van der Waals surface area contributed by atoms with Crippen LogP contribution in [0, 0.1) is 10.7 Å². The Morgan fingerprint density at radius 1 is 1.60 bits per heavy atom. The van der Waals surface area contributed by atoms with E-state index in [1.165, 1.54) is 12.8 Å². The topological polar surface area (TPSA) is 42.8 Å². The van der Waals surface area contributed by atoms with E-state index in [9.17, 15) is 0 Å². The molecule has 1 fully saturated rings. The SMILES string of the molecule is COCCn1c(C2CC(C)C2)n[nH]c1=S. The fourth-order valence-corrected chi connectivity index (χ4v) is 2.38. The molecule has 1 N–H and O–H groups in total. The first kappa shape index (κ1) is 10.8. The van der Waals surface area contributed by atoms with Crippen molar-refractivity contribution in [2.45, 2.75) is 32.2 Å². The average Bonchev–Trinajstić information content (AvgIpc) is 2.52. The summed E-state index contributed by atoms with van der Waals surface area (Å²) < 4.78 is 7.84. The molecule has 1 heterocycles. The number of aromatic nitrogens is 3. The van der Waals surface area contributed by atoms with Crippen molar-refractivity contribution in [2.24, 2.45) is 5.92 Å². The molecule has 0 aliphatic heterocycles. The standard InChI is InChI=1S/C10H17N3OS/c1-7-5-8(6-7)9-11-12-10(15)13(9)3-4-14-2/h7-8H,3-6H2,1-2H3,(H,12,15). The van der Waals surface area contributed by atoms with Gasteiger partial charge in [-0.1, -0.05) is 6.92 Å². The molecule has 0 bridgehead atoms. The molecule has 15 heavy (non-hydrogen) atoms. The monoisotopic (exact) mass is 227 g/mol. The van der Waals surface area contributed by atoms with E-state index in [1.807, 2.05) is 0 Å². The highest BCUT2D eigenvalue weighted by molar-refractivity contribution is 7.71. The lowest BCUT2D eigenvalue weighted by Gasteiger charge is -2.31. The van der Waals surface area contributed by atoms with E-state index >= 15 is 0 Å². The molecule has 4 nitrogen and oxygen atoms in total. The van der Waals surface area contributed by atoms with Crippen LogP contribution in [0.15, 0.2) is 0 Å². The Bertz CT molecular complexity index is 378. The molecule has 0 unspecified atom stereocenters. The Hall–Kier alpha value is -0.680. The van der Waals surface area contributed by atoms with E-state index in [0.29, 0.717) is 17.3 Å². The van der Waals surface area contributed by atoms with Gasteiger partial charge in [0.1, 0.15) is 5.82 Å². The van der Waals surface area contributed by atoms with Crippen LogP contribution < -0.4 is 0 Å². The Morgan fingerprint density at radius 2 is 2.33 bits per heavy atom. The number of nitrogens with zero attached hydrogens (tertiary/aromatic N) is 2. The summed E-state index contributed by atoms with van der Waals surface area (Å²) in [5.74, 6) is 2.52. The molecule has 84 valence electrons. The third-order valence-corrected chi connectivity index (χ3v) is 3.36. The van der Waals surface area contributed by atoms with E-state index in [-0.39, 0.29) is 0 Å². The first-order chi connectivity index (χ1) is 7.22. The van der Waals surface area contributed by atoms with Crippen LogP contribution in [0.4, 0.5) is 0 Å². The average molecular weight is 227 g/mol. The molecular weight excluding hydrogens is 210 g/mol. The van der Waals surface area contributed by atoms with Crippen molar-refractivity contribution < 1.29 is 4.74 Å². The van der Waals surface area contributed by atoms with E-state index in [0.717, 1.165) is 18.3 Å². The Morgan fingerprint density at radius 3 is 2.93 bits per heavy atom. The molecule has 1 aliphatic carbocycles. The summed E-state index contributed by atoms with van der Waals surface area (Å²) in [5, 5.41) is 7.19. The molecule has 1 aromatic rings. The molecule has 0 amide bonds. The highest BCUT2D eigenvalue weighted by atomic mass is 32.1. The molecule has 0 radical (unpaired) electrons. The first-order valence-electron chi connectivity index (χ1n) is 5.36. The molecular formula is C10H17N3OS. The summed E-state index contributed by atoms with van der Waals surface area (Å²) in [6, 6.07) is 0. The molecule has 0 atom stereocenters. The zero-order valence-corrected chi connectivity index (χ0v) is 10.0. The van der Waals surface area contributed by atoms with Crippen LogP contribution in [-0.2, 0) is 11.3 Å². The van der Waals surface area contributed by atoms with E-state index in [1.54, 1.807) is 7.11 Å². The van der Waals surface area contributed by atoms with Crippen LogP contribution in [0.2, 0.25) is 0 Å². The number of ether oxygens (including phenoxy) is 1. The van der Waals surface area contributed by atoms with Gasteiger partial charge in [0.05, 0.1) is 6.61 Å². The van der Waals surface area contributed by atoms with Gasteiger partial charge in [0.25, 0.3) is 0 Å². The number of rotatable bonds is 4. The van der Waals surface area contributed by atoms with Gasteiger partial charge in [-0.15, -0.1) is 0 Å². The van der Waals surface area contributed by atoms with Gasteiger partial charge in [0.15, 0.2) is 4.77 Å². The predicted molar refractivity (Wildman–Crippen MR) is 60.4 cm³/mol. The summed E-state index contributed by atoms with van der Waals surface area (Å²) >= 11 is 5.20. The van der Waals surface area contributed by atoms with Crippen molar-refractivity contribution in [3.63, 3.8) is 0 Å². The fourth-order valence-electron chi connectivity index (χ4n) is 2.15. The van der Waals surface area contributed by atoms with Crippen LogP contribution >= 0.6 is 12.2 Å². The number of aromatic amines is 1. The fraction of sp³-hybridized carbons (Fsp3) is 0.800. The minimum absolute atomic E-state index is 0.588. The van der Waals surface area contributed by atoms with Gasteiger partial charge in [0.2, 0.25) is 0 Å². The van der Waals surface area contributed by atoms with Gasteiger partial charge in [-0.3, -0.25) is 5.10 Å². The third-order valence-electron chi connectivity index (χ3n) is 3.05. The summed E-state index contributed by atoms with van der Waals surface area (Å²) in [7, 11) is 1.70. The first-order valence-corrected chi connectivity index (χ1v) is 5.77. The Labute approximate surface area is 94.6 Å². The lowest BCUT2D eigenvalue weighted by Crippen LogP contribution is -2.23. The summed E-state index contributed by atoms with van der Waals surface area (Å²) in [5.41, 5.74) is 0. The summed E-state index contributed by atoms with van der Waals surface area (Å²) in [4.78, 5) is 0. The molecule has 2 rings (SSSR count). The number of hydrogen-bond donors (Lipinski definition) is 1. The maximum atomic E-state index is 5.20. The van der Waals surface area contributed by atoms with Crippen LogP contribution in [0.5, 0.6) is 0 Å². The molecule has 1 aliphatic rings. The maximum Gasteiger partial charge on any atom is 0.195 e. The van der Waals surface area contributed by atoms with Gasteiger partial charge >= 0.3 is 0 Å². The van der Waals surface area contributed by atoms with Gasteiger partial charge in [-0.05, 0) is 31.0 Å². The minimum atomic E-state index is 0.588. The lowest BCUT2D eigenvalue weighted by atomic mass is 9.76. The van der Waals surface area contributed by atoms with E-state index in [2.05, 4.69) is 21.7 Å². The summed E-state index contributed by atoms with van der Waals surface area (Å²) in [6.07, 6.45) is 2.46. The van der Waals surface area contributed by atoms with Crippen LogP contribution in [0.1, 0.15) is 31.5 Å². The molecule has 0 aromatic carbocycles. The number of hydrogen-bond acceptors (Lipinski definition) is 3. The molecule has 5 heteroatoms. The number of H-pyrrole nitrogens is 1. The van der Waals surface area contributed by atoms with Crippen LogP contribution in [0.3, 0.4) is 0 Å². The Balaban J connectivity index is 2.13. The second-order valence-electron chi connectivity index (χ2n) is 4.30. The van der Waals surface area contributed by atoms with Gasteiger partial charge in [0, 0.05) is 19.6 Å². The van der Waals surface area contributed by atoms with Crippen molar-refractivity contribution in [1.82, 2.24) is 14.8 Å². The van der Waals surface area contributed by atoms with Gasteiger partial charge in [-0.25, -0.2) is 0 Å². The van der Waals surface area contributed by atoms with Crippen LogP contribution in [0.25, 0.3) is 0 Å². The second kappa shape index (κ2) is 4.45. The molecule has 1 aromatic heterocycles. The molecule has 0 spiro atoms. The Kier molecular flexibility index (Phi) is 3.21. The highest BCUT2D eigenvalue weighted by Gasteiger charge is 2.30. The normalized spacial score (nSPS) is 25.2. The van der Waals surface area contributed by atoms with E-state index < -0.39 is 0 Å².